The molecule has 1 aliphatic heterocycles. The fraction of sp³-hybridized carbons (Fsp3) is 0.500. The first kappa shape index (κ1) is 16.5. The number of thiophene rings is 1. The van der Waals surface area contributed by atoms with Crippen LogP contribution in [0.15, 0.2) is 12.4 Å². The van der Waals surface area contributed by atoms with Crippen LogP contribution in [0.5, 0.6) is 0 Å². The van der Waals surface area contributed by atoms with Gasteiger partial charge in [0.25, 0.3) is 0 Å². The molecule has 1 saturated heterocycles. The highest BCUT2D eigenvalue weighted by Crippen LogP contribution is 2.35. The minimum atomic E-state index is -0.421. The molecule has 3 rings (SSSR count). The van der Waals surface area contributed by atoms with Gasteiger partial charge < -0.3 is 16.0 Å². The van der Waals surface area contributed by atoms with Gasteiger partial charge in [0.2, 0.25) is 5.91 Å². The molecule has 1 fully saturated rings. The maximum Gasteiger partial charge on any atom is 0.326 e. The summed E-state index contributed by atoms with van der Waals surface area (Å²) in [7, 11) is 0. The molecule has 24 heavy (non-hydrogen) atoms. The number of fused-ring (bicyclic) bond motifs is 1. The Labute approximate surface area is 142 Å². The molecule has 2 aromatic heterocycles. The molecule has 0 radical (unpaired) electrons. The summed E-state index contributed by atoms with van der Waals surface area (Å²) in [4.78, 5) is 33.8. The van der Waals surface area contributed by atoms with E-state index in [4.69, 9.17) is 5.73 Å². The summed E-state index contributed by atoms with van der Waals surface area (Å²) >= 11 is 1.03. The van der Waals surface area contributed by atoms with Crippen molar-refractivity contribution in [1.29, 1.82) is 0 Å². The van der Waals surface area contributed by atoms with E-state index in [2.05, 4.69) is 15.3 Å². The van der Waals surface area contributed by atoms with Gasteiger partial charge in [0.1, 0.15) is 17.0 Å². The number of hydrogen-bond donors (Lipinski definition) is 2. The molecule has 2 aromatic rings. The highest BCUT2D eigenvalue weighted by molar-refractivity contribution is 7.21. The van der Waals surface area contributed by atoms with Crippen LogP contribution in [0.2, 0.25) is 0 Å². The molecular weight excluding hydrogens is 332 g/mol. The number of nitrogens with one attached hydrogen (secondary N) is 1. The maximum absolute atomic E-state index is 12.2. The Bertz CT molecular complexity index is 764. The van der Waals surface area contributed by atoms with Crippen molar-refractivity contribution >= 4 is 38.3 Å². The lowest BCUT2D eigenvalue weighted by Gasteiger charge is -2.33. The Kier molecular flexibility index (Phi) is 4.86. The standard InChI is InChI=1S/C14H18N6O3S/c15-3-4-16-13(21)9-2-1-5-19(7-9)12-10-6-11(20(22)23)24-14(10)18-8-17-12/h6,8-9H,1-5,7,15H2,(H,16,21). The number of hydrogen-bond acceptors (Lipinski definition) is 8. The summed E-state index contributed by atoms with van der Waals surface area (Å²) in [6.07, 6.45) is 3.08. The summed E-state index contributed by atoms with van der Waals surface area (Å²) in [5, 5.41) is 14.5. The van der Waals surface area contributed by atoms with Crippen molar-refractivity contribution in [3.63, 3.8) is 0 Å². The van der Waals surface area contributed by atoms with Crippen LogP contribution in [0, 0.1) is 16.0 Å². The minimum absolute atomic E-state index is 0.00764. The van der Waals surface area contributed by atoms with E-state index in [1.165, 1.54) is 12.4 Å². The molecule has 3 heterocycles. The van der Waals surface area contributed by atoms with Crippen LogP contribution in [-0.2, 0) is 4.79 Å². The van der Waals surface area contributed by atoms with Crippen LogP contribution in [0.3, 0.4) is 0 Å². The van der Waals surface area contributed by atoms with Crippen LogP contribution < -0.4 is 16.0 Å². The molecule has 1 unspecified atom stereocenters. The first-order valence-electron chi connectivity index (χ1n) is 7.72. The monoisotopic (exact) mass is 350 g/mol. The van der Waals surface area contributed by atoms with E-state index in [9.17, 15) is 14.9 Å². The number of carbonyl (C=O) groups is 1. The Morgan fingerprint density at radius 3 is 3.12 bits per heavy atom. The molecule has 0 spiro atoms. The van der Waals surface area contributed by atoms with Crippen LogP contribution in [0.1, 0.15) is 12.8 Å². The molecule has 9 nitrogen and oxygen atoms in total. The Balaban J connectivity index is 1.84. The summed E-state index contributed by atoms with van der Waals surface area (Å²) in [6.45, 7) is 2.17. The van der Waals surface area contributed by atoms with Gasteiger partial charge in [0, 0.05) is 32.2 Å². The summed E-state index contributed by atoms with van der Waals surface area (Å²) in [5.41, 5.74) is 5.42. The Morgan fingerprint density at radius 2 is 2.38 bits per heavy atom. The Hall–Kier alpha value is -2.33. The van der Waals surface area contributed by atoms with Gasteiger partial charge in [-0.2, -0.15) is 0 Å². The minimum Gasteiger partial charge on any atom is -0.355 e. The van der Waals surface area contributed by atoms with Crippen molar-refractivity contribution in [2.75, 3.05) is 31.1 Å². The molecule has 128 valence electrons. The third-order valence-corrected chi connectivity index (χ3v) is 5.01. The molecule has 3 N–H and O–H groups in total. The van der Waals surface area contributed by atoms with Gasteiger partial charge in [-0.3, -0.25) is 14.9 Å². The van der Waals surface area contributed by atoms with E-state index in [1.54, 1.807) is 0 Å². The van der Waals surface area contributed by atoms with Crippen LogP contribution in [0.4, 0.5) is 10.8 Å². The third kappa shape index (κ3) is 3.29. The van der Waals surface area contributed by atoms with Crippen molar-refractivity contribution in [2.24, 2.45) is 11.7 Å². The van der Waals surface area contributed by atoms with Crippen LogP contribution >= 0.6 is 11.3 Å². The summed E-state index contributed by atoms with van der Waals surface area (Å²) < 4.78 is 0. The van der Waals surface area contributed by atoms with Gasteiger partial charge >= 0.3 is 5.00 Å². The van der Waals surface area contributed by atoms with E-state index >= 15 is 0 Å². The molecule has 1 atom stereocenters. The largest absolute Gasteiger partial charge is 0.355 e. The van der Waals surface area contributed by atoms with Crippen molar-refractivity contribution in [1.82, 2.24) is 15.3 Å². The third-order valence-electron chi connectivity index (χ3n) is 4.01. The number of rotatable bonds is 5. The van der Waals surface area contributed by atoms with Crippen molar-refractivity contribution < 1.29 is 9.72 Å². The second-order valence-electron chi connectivity index (χ2n) is 5.62. The SMILES string of the molecule is NCCNC(=O)C1CCCN(c2ncnc3sc([N+](=O)[O-])cc23)C1. The normalized spacial score (nSPS) is 17.9. The Morgan fingerprint density at radius 1 is 1.54 bits per heavy atom. The summed E-state index contributed by atoms with van der Waals surface area (Å²) in [6, 6.07) is 1.51. The number of piperidine rings is 1. The quantitative estimate of drug-likeness (QED) is 0.605. The van der Waals surface area contributed by atoms with E-state index in [1.807, 2.05) is 4.90 Å². The molecule has 0 aromatic carbocycles. The average molecular weight is 350 g/mol. The number of nitrogens with two attached hydrogens (primary N) is 1. The zero-order valence-corrected chi connectivity index (χ0v) is 13.8. The lowest BCUT2D eigenvalue weighted by molar-refractivity contribution is -0.380. The fourth-order valence-electron chi connectivity index (χ4n) is 2.90. The smallest absolute Gasteiger partial charge is 0.326 e. The van der Waals surface area contributed by atoms with Gasteiger partial charge in [-0.05, 0) is 24.2 Å². The predicted octanol–water partition coefficient (Wildman–Crippen LogP) is 0.891. The topological polar surface area (TPSA) is 127 Å². The van der Waals surface area contributed by atoms with Gasteiger partial charge in [-0.15, -0.1) is 0 Å². The van der Waals surface area contributed by atoms with Gasteiger partial charge in [-0.1, -0.05) is 0 Å². The van der Waals surface area contributed by atoms with E-state index in [0.29, 0.717) is 35.7 Å². The average Bonchev–Trinajstić information content (AvgIpc) is 3.04. The van der Waals surface area contributed by atoms with Crippen molar-refractivity contribution in [3.8, 4) is 0 Å². The van der Waals surface area contributed by atoms with Crippen molar-refractivity contribution in [3.05, 3.63) is 22.5 Å². The van der Waals surface area contributed by atoms with Gasteiger partial charge in [-0.25, -0.2) is 9.97 Å². The predicted molar refractivity (Wildman–Crippen MR) is 91.1 cm³/mol. The maximum atomic E-state index is 12.2. The first-order chi connectivity index (χ1) is 11.6. The zero-order valence-electron chi connectivity index (χ0n) is 13.0. The molecule has 10 heteroatoms. The number of nitro groups is 1. The van der Waals surface area contributed by atoms with Crippen molar-refractivity contribution in [2.45, 2.75) is 12.8 Å². The number of aromatic nitrogens is 2. The lowest BCUT2D eigenvalue weighted by atomic mass is 9.97. The van der Waals surface area contributed by atoms with E-state index in [0.717, 1.165) is 30.7 Å². The van der Waals surface area contributed by atoms with E-state index in [-0.39, 0.29) is 16.8 Å². The van der Waals surface area contributed by atoms with E-state index < -0.39 is 4.92 Å². The lowest BCUT2D eigenvalue weighted by Crippen LogP contribution is -2.44. The highest BCUT2D eigenvalue weighted by atomic mass is 32.1. The second-order valence-corrected chi connectivity index (χ2v) is 6.63. The first-order valence-corrected chi connectivity index (χ1v) is 8.53. The van der Waals surface area contributed by atoms with Gasteiger partial charge in [0.15, 0.2) is 0 Å². The summed E-state index contributed by atoms with van der Waals surface area (Å²) in [5.74, 6) is 0.511. The number of carbonyl (C=O) groups excluding carboxylic acids is 1. The highest BCUT2D eigenvalue weighted by Gasteiger charge is 2.28. The second kappa shape index (κ2) is 7.05. The number of amides is 1. The molecule has 0 bridgehead atoms. The number of anilines is 1. The molecule has 0 saturated carbocycles. The molecular formula is C14H18N6O3S. The molecule has 1 aliphatic rings. The number of nitrogens with zero attached hydrogens (tertiary/aromatic N) is 4. The van der Waals surface area contributed by atoms with Crippen LogP contribution in [0.25, 0.3) is 10.2 Å². The zero-order chi connectivity index (χ0) is 17.1. The molecule has 1 amide bonds. The van der Waals surface area contributed by atoms with Crippen LogP contribution in [-0.4, -0.2) is 47.0 Å². The fourth-order valence-corrected chi connectivity index (χ4v) is 3.70. The molecule has 0 aliphatic carbocycles. The van der Waals surface area contributed by atoms with Gasteiger partial charge in [0.05, 0.1) is 16.2 Å².